The molecule has 2 aromatic rings. The molecule has 106 valence electrons. The molecule has 0 saturated carbocycles. The molecule has 0 unspecified atom stereocenters. The lowest BCUT2D eigenvalue weighted by Gasteiger charge is -2.05. The Bertz CT molecular complexity index is 801. The first kappa shape index (κ1) is 14.2. The van der Waals surface area contributed by atoms with Crippen molar-refractivity contribution in [3.05, 3.63) is 50.8 Å². The van der Waals surface area contributed by atoms with Gasteiger partial charge in [-0.3, -0.25) is 10.1 Å². The van der Waals surface area contributed by atoms with Crippen molar-refractivity contribution in [2.75, 3.05) is 0 Å². The van der Waals surface area contributed by atoms with Gasteiger partial charge in [0.15, 0.2) is 0 Å². The van der Waals surface area contributed by atoms with Gasteiger partial charge in [-0.05, 0) is 26.0 Å². The van der Waals surface area contributed by atoms with E-state index < -0.39 is 10.9 Å². The molecule has 1 aromatic heterocycles. The molecule has 0 bridgehead atoms. The molecule has 1 heterocycles. The Hall–Kier alpha value is -3.21. The first-order valence-electron chi connectivity index (χ1n) is 5.85. The van der Waals surface area contributed by atoms with Crippen molar-refractivity contribution in [2.24, 2.45) is 0 Å². The fraction of sp³-hybridized carbons (Fsp3) is 0.154. The lowest BCUT2D eigenvalue weighted by molar-refractivity contribution is -0.385. The van der Waals surface area contributed by atoms with Gasteiger partial charge in [0.25, 0.3) is 5.69 Å². The number of hydrogen-bond donors (Lipinski definition) is 1. The van der Waals surface area contributed by atoms with Crippen LogP contribution in [0, 0.1) is 35.3 Å². The Balaban J connectivity index is 2.64. The predicted octanol–water partition coefficient (Wildman–Crippen LogP) is 1.97. The second-order valence-corrected chi connectivity index (χ2v) is 4.33. The van der Waals surface area contributed by atoms with E-state index in [1.165, 1.54) is 22.9 Å². The number of rotatable bonds is 3. The molecule has 0 spiro atoms. The van der Waals surface area contributed by atoms with Crippen LogP contribution in [0.3, 0.4) is 0 Å². The number of carboxylic acid groups (broad SMARTS) is 1. The molecule has 0 radical (unpaired) electrons. The summed E-state index contributed by atoms with van der Waals surface area (Å²) in [7, 11) is 0. The lowest BCUT2D eigenvalue weighted by Crippen LogP contribution is -2.03. The molecule has 1 aromatic carbocycles. The molecule has 0 aliphatic carbocycles. The third-order valence-electron chi connectivity index (χ3n) is 3.05. The van der Waals surface area contributed by atoms with Gasteiger partial charge in [-0.1, -0.05) is 0 Å². The molecule has 0 aliphatic heterocycles. The molecule has 2 rings (SSSR count). The average Bonchev–Trinajstić information content (AvgIpc) is 2.73. The molecule has 0 amide bonds. The number of hydrogen-bond acceptors (Lipinski definition) is 5. The Morgan fingerprint density at radius 3 is 2.62 bits per heavy atom. The first-order chi connectivity index (χ1) is 9.86. The van der Waals surface area contributed by atoms with Gasteiger partial charge >= 0.3 is 5.97 Å². The highest BCUT2D eigenvalue weighted by Gasteiger charge is 2.20. The third-order valence-corrected chi connectivity index (χ3v) is 3.05. The zero-order valence-electron chi connectivity index (χ0n) is 11.2. The summed E-state index contributed by atoms with van der Waals surface area (Å²) in [6, 6.07) is 5.68. The first-order valence-corrected chi connectivity index (χ1v) is 5.85. The number of aryl methyl sites for hydroxylation is 1. The highest BCUT2D eigenvalue weighted by Crippen LogP contribution is 2.23. The maximum atomic E-state index is 11.2. The van der Waals surface area contributed by atoms with E-state index >= 15 is 0 Å². The van der Waals surface area contributed by atoms with Crippen LogP contribution in [0.5, 0.6) is 0 Å². The van der Waals surface area contributed by atoms with Gasteiger partial charge in [-0.2, -0.15) is 10.4 Å². The SMILES string of the molecule is Cc1nn(-c2ccc([N+](=O)[O-])c(C#N)c2)c(C)c1C(=O)O. The second kappa shape index (κ2) is 5.05. The van der Waals surface area contributed by atoms with Crippen LogP contribution in [-0.4, -0.2) is 25.8 Å². The topological polar surface area (TPSA) is 122 Å². The van der Waals surface area contributed by atoms with Gasteiger partial charge in [-0.25, -0.2) is 9.48 Å². The highest BCUT2D eigenvalue weighted by atomic mass is 16.6. The molecule has 8 heteroatoms. The maximum Gasteiger partial charge on any atom is 0.339 e. The molecule has 0 atom stereocenters. The standard InChI is InChI=1S/C13H10N4O4/c1-7-12(13(18)19)8(2)16(15-7)10-3-4-11(17(20)21)9(5-10)6-14/h3-5H,1-2H3,(H,18,19). The van der Waals surface area contributed by atoms with E-state index in [1.54, 1.807) is 19.9 Å². The van der Waals surface area contributed by atoms with Crippen molar-refractivity contribution in [1.82, 2.24) is 9.78 Å². The summed E-state index contributed by atoms with van der Waals surface area (Å²) < 4.78 is 1.35. The fourth-order valence-electron chi connectivity index (χ4n) is 2.11. The zero-order valence-corrected chi connectivity index (χ0v) is 11.2. The minimum absolute atomic E-state index is 0.0758. The van der Waals surface area contributed by atoms with Crippen molar-refractivity contribution in [1.29, 1.82) is 5.26 Å². The summed E-state index contributed by atoms with van der Waals surface area (Å²) in [6.45, 7) is 3.14. The molecule has 0 fully saturated rings. The van der Waals surface area contributed by atoms with E-state index in [9.17, 15) is 14.9 Å². The van der Waals surface area contributed by atoms with Crippen LogP contribution in [0.15, 0.2) is 18.2 Å². The van der Waals surface area contributed by atoms with E-state index in [2.05, 4.69) is 5.10 Å². The Morgan fingerprint density at radius 2 is 2.14 bits per heavy atom. The van der Waals surface area contributed by atoms with Crippen LogP contribution in [0.25, 0.3) is 5.69 Å². The van der Waals surface area contributed by atoms with Crippen molar-refractivity contribution in [3.63, 3.8) is 0 Å². The number of nitriles is 1. The predicted molar refractivity (Wildman–Crippen MR) is 71.4 cm³/mol. The van der Waals surface area contributed by atoms with Crippen LogP contribution >= 0.6 is 0 Å². The van der Waals surface area contributed by atoms with Gasteiger partial charge in [0.05, 0.1) is 22.0 Å². The minimum atomic E-state index is -1.10. The van der Waals surface area contributed by atoms with Crippen LogP contribution in [0.4, 0.5) is 5.69 Å². The monoisotopic (exact) mass is 286 g/mol. The van der Waals surface area contributed by atoms with Crippen LogP contribution < -0.4 is 0 Å². The Morgan fingerprint density at radius 1 is 1.48 bits per heavy atom. The summed E-state index contributed by atoms with van der Waals surface area (Å²) >= 11 is 0. The molecule has 8 nitrogen and oxygen atoms in total. The molecule has 0 saturated heterocycles. The van der Waals surface area contributed by atoms with E-state index in [0.29, 0.717) is 17.1 Å². The van der Waals surface area contributed by atoms with Gasteiger partial charge in [0.1, 0.15) is 17.2 Å². The quantitative estimate of drug-likeness (QED) is 0.679. The second-order valence-electron chi connectivity index (χ2n) is 4.33. The van der Waals surface area contributed by atoms with E-state index in [4.69, 9.17) is 10.4 Å². The summed E-state index contributed by atoms with van der Waals surface area (Å²) in [5, 5.41) is 33.0. The maximum absolute atomic E-state index is 11.2. The highest BCUT2D eigenvalue weighted by molar-refractivity contribution is 5.90. The van der Waals surface area contributed by atoms with E-state index in [1.807, 2.05) is 0 Å². The summed E-state index contributed by atoms with van der Waals surface area (Å²) in [6.07, 6.45) is 0. The van der Waals surface area contributed by atoms with Crippen LogP contribution in [0.2, 0.25) is 0 Å². The van der Waals surface area contributed by atoms with E-state index in [-0.39, 0.29) is 16.8 Å². The number of nitrogens with zero attached hydrogens (tertiary/aromatic N) is 4. The summed E-state index contributed by atoms with van der Waals surface area (Å²) in [5.74, 6) is -1.10. The van der Waals surface area contributed by atoms with Crippen molar-refractivity contribution < 1.29 is 14.8 Å². The average molecular weight is 286 g/mol. The third kappa shape index (κ3) is 2.32. The number of nitro groups is 1. The van der Waals surface area contributed by atoms with Crippen LogP contribution in [0.1, 0.15) is 27.3 Å². The molecular weight excluding hydrogens is 276 g/mol. The number of carboxylic acids is 1. The van der Waals surface area contributed by atoms with Crippen molar-refractivity contribution in [2.45, 2.75) is 13.8 Å². The van der Waals surface area contributed by atoms with Gasteiger partial charge in [0.2, 0.25) is 0 Å². The van der Waals surface area contributed by atoms with Gasteiger partial charge < -0.3 is 5.11 Å². The molecular formula is C13H10N4O4. The molecule has 0 aliphatic rings. The fourth-order valence-corrected chi connectivity index (χ4v) is 2.11. The van der Waals surface area contributed by atoms with Gasteiger partial charge in [0, 0.05) is 6.07 Å². The van der Waals surface area contributed by atoms with Crippen molar-refractivity contribution in [3.8, 4) is 11.8 Å². The number of aromatic carboxylic acids is 1. The summed E-state index contributed by atoms with van der Waals surface area (Å²) in [4.78, 5) is 21.3. The Kier molecular flexibility index (Phi) is 3.42. The normalized spacial score (nSPS) is 10.1. The lowest BCUT2D eigenvalue weighted by atomic mass is 10.1. The number of aromatic nitrogens is 2. The number of nitro benzene ring substituents is 1. The number of benzene rings is 1. The van der Waals surface area contributed by atoms with Crippen molar-refractivity contribution >= 4 is 11.7 Å². The number of carbonyl (C=O) groups is 1. The Labute approximate surface area is 119 Å². The van der Waals surface area contributed by atoms with E-state index in [0.717, 1.165) is 0 Å². The minimum Gasteiger partial charge on any atom is -0.478 e. The zero-order chi connectivity index (χ0) is 15.7. The van der Waals surface area contributed by atoms with Crippen LogP contribution in [-0.2, 0) is 0 Å². The summed E-state index contributed by atoms with van der Waals surface area (Å²) in [5.41, 5.74) is 0.773. The van der Waals surface area contributed by atoms with Gasteiger partial charge in [-0.15, -0.1) is 0 Å². The largest absolute Gasteiger partial charge is 0.478 e. The molecule has 1 N–H and O–H groups in total. The molecule has 21 heavy (non-hydrogen) atoms. The smallest absolute Gasteiger partial charge is 0.339 e.